The number of halogens is 1. The maximum atomic E-state index is 14.1. The van der Waals surface area contributed by atoms with Gasteiger partial charge in [-0.2, -0.15) is 0 Å². The lowest BCUT2D eigenvalue weighted by Gasteiger charge is -2.19. The number of aliphatic hydroxyl groups excluding tert-OH is 1. The van der Waals surface area contributed by atoms with Gasteiger partial charge in [-0.15, -0.1) is 0 Å². The second-order valence-electron chi connectivity index (χ2n) is 10.4. The van der Waals surface area contributed by atoms with E-state index < -0.39 is 6.10 Å². The predicted molar refractivity (Wildman–Crippen MR) is 160 cm³/mol. The summed E-state index contributed by atoms with van der Waals surface area (Å²) in [4.78, 5) is 25.6. The van der Waals surface area contributed by atoms with E-state index >= 15 is 0 Å². The molecule has 0 saturated heterocycles. The lowest BCUT2D eigenvalue weighted by Crippen LogP contribution is -2.18. The van der Waals surface area contributed by atoms with Gasteiger partial charge in [0.2, 0.25) is 0 Å². The summed E-state index contributed by atoms with van der Waals surface area (Å²) in [6, 6.07) is 25.3. The van der Waals surface area contributed by atoms with Crippen LogP contribution >= 0.6 is 0 Å². The molecule has 0 radical (unpaired) electrons. The van der Waals surface area contributed by atoms with E-state index in [2.05, 4.69) is 9.88 Å². The van der Waals surface area contributed by atoms with Crippen LogP contribution < -0.4 is 5.32 Å². The van der Waals surface area contributed by atoms with E-state index in [0.29, 0.717) is 37.1 Å². The van der Waals surface area contributed by atoms with Gasteiger partial charge in [0.05, 0.1) is 24.5 Å². The molecule has 2 N–H and O–H groups in total. The zero-order valence-electron chi connectivity index (χ0n) is 23.8. The zero-order chi connectivity index (χ0) is 29.4. The summed E-state index contributed by atoms with van der Waals surface area (Å²) in [6.07, 6.45) is 0.979. The highest BCUT2D eigenvalue weighted by molar-refractivity contribution is 6.12. The molecule has 6 nitrogen and oxygen atoms in total. The highest BCUT2D eigenvalue weighted by Gasteiger charge is 2.30. The summed E-state index contributed by atoms with van der Waals surface area (Å²) in [5, 5.41) is 13.9. The van der Waals surface area contributed by atoms with Gasteiger partial charge in [-0.05, 0) is 72.7 Å². The first-order valence-corrected chi connectivity index (χ1v) is 14.0. The first-order valence-electron chi connectivity index (χ1n) is 14.0. The fraction of sp³-hybridized carbons (Fsp3) is 0.294. The van der Waals surface area contributed by atoms with Crippen LogP contribution in [0.15, 0.2) is 84.9 Å². The van der Waals surface area contributed by atoms with Crippen LogP contribution in [0.25, 0.3) is 22.4 Å². The largest absolute Gasteiger partial charge is 0.469 e. The summed E-state index contributed by atoms with van der Waals surface area (Å²) >= 11 is 0. The minimum Gasteiger partial charge on any atom is -0.469 e. The van der Waals surface area contributed by atoms with E-state index in [0.717, 1.165) is 28.1 Å². The standard InChI is InChI=1S/C34H37FN2O4/c1-23(2)32-31(34(40)36-27-13-8-5-9-14-27)30(24-11-6-4-7-12-24)33(25-17-19-26(35)20-18-25)37(32)22-21-28(38)15-10-16-29(39)41-3/h4-9,11-14,17-20,23,28,38H,10,15-16,21-22H2,1-3H3,(H,36,40). The van der Waals surface area contributed by atoms with Gasteiger partial charge in [0.25, 0.3) is 5.91 Å². The number of rotatable bonds is 12. The molecule has 1 unspecified atom stereocenters. The van der Waals surface area contributed by atoms with Crippen LogP contribution in [-0.4, -0.2) is 34.8 Å². The molecule has 0 fully saturated rings. The highest BCUT2D eigenvalue weighted by Crippen LogP contribution is 2.42. The van der Waals surface area contributed by atoms with E-state index in [9.17, 15) is 19.1 Å². The van der Waals surface area contributed by atoms with Crippen molar-refractivity contribution in [3.63, 3.8) is 0 Å². The maximum absolute atomic E-state index is 14.1. The van der Waals surface area contributed by atoms with Gasteiger partial charge in [0.15, 0.2) is 0 Å². The molecule has 7 heteroatoms. The van der Waals surface area contributed by atoms with Crippen molar-refractivity contribution in [1.29, 1.82) is 0 Å². The number of ether oxygens (including phenoxy) is 1. The molecule has 1 aromatic heterocycles. The van der Waals surface area contributed by atoms with Gasteiger partial charge >= 0.3 is 5.97 Å². The first-order chi connectivity index (χ1) is 19.8. The number of esters is 1. The first kappa shape index (κ1) is 29.7. The van der Waals surface area contributed by atoms with Crippen LogP contribution in [0.5, 0.6) is 0 Å². The Hall–Kier alpha value is -4.23. The number of hydrogen-bond donors (Lipinski definition) is 2. The number of anilines is 1. The number of aliphatic hydroxyl groups is 1. The summed E-state index contributed by atoms with van der Waals surface area (Å²) in [5.41, 5.74) is 5.25. The number of carbonyl (C=O) groups is 2. The van der Waals surface area contributed by atoms with Crippen LogP contribution in [0, 0.1) is 5.82 Å². The Morgan fingerprint density at radius 2 is 1.54 bits per heavy atom. The minimum absolute atomic E-state index is 0.0420. The third-order valence-electron chi connectivity index (χ3n) is 7.12. The van der Waals surface area contributed by atoms with Gasteiger partial charge in [0, 0.05) is 29.9 Å². The molecule has 41 heavy (non-hydrogen) atoms. The molecule has 3 aromatic carbocycles. The average Bonchev–Trinajstić information content (AvgIpc) is 3.33. The third kappa shape index (κ3) is 7.30. The topological polar surface area (TPSA) is 80.6 Å². The van der Waals surface area contributed by atoms with Crippen LogP contribution in [0.4, 0.5) is 10.1 Å². The van der Waals surface area contributed by atoms with Gasteiger partial charge in [-0.25, -0.2) is 4.39 Å². The van der Waals surface area contributed by atoms with Crippen molar-refractivity contribution >= 4 is 17.6 Å². The number of aromatic nitrogens is 1. The lowest BCUT2D eigenvalue weighted by atomic mass is 9.94. The van der Waals surface area contributed by atoms with Gasteiger partial charge in [-0.3, -0.25) is 9.59 Å². The monoisotopic (exact) mass is 556 g/mol. The van der Waals surface area contributed by atoms with E-state index in [1.54, 1.807) is 12.1 Å². The molecule has 0 bridgehead atoms. The minimum atomic E-state index is -0.648. The number of nitrogens with one attached hydrogen (secondary N) is 1. The molecule has 1 heterocycles. The Kier molecular flexibility index (Phi) is 10.1. The van der Waals surface area contributed by atoms with Crippen LogP contribution in [-0.2, 0) is 16.1 Å². The summed E-state index contributed by atoms with van der Waals surface area (Å²) in [5.74, 6) is -0.927. The number of carbonyl (C=O) groups excluding carboxylic acids is 2. The van der Waals surface area contributed by atoms with Crippen molar-refractivity contribution in [3.8, 4) is 22.4 Å². The quantitative estimate of drug-likeness (QED) is 0.178. The number of hydrogen-bond acceptors (Lipinski definition) is 4. The Morgan fingerprint density at radius 3 is 2.15 bits per heavy atom. The molecule has 4 rings (SSSR count). The van der Waals surface area contributed by atoms with E-state index in [-0.39, 0.29) is 30.0 Å². The Labute approximate surface area is 240 Å². The zero-order valence-corrected chi connectivity index (χ0v) is 23.8. The molecule has 0 saturated carbocycles. The normalized spacial score (nSPS) is 11.9. The predicted octanol–water partition coefficient (Wildman–Crippen LogP) is 7.43. The molecular weight excluding hydrogens is 519 g/mol. The average molecular weight is 557 g/mol. The number of methoxy groups -OCH3 is 1. The highest BCUT2D eigenvalue weighted by atomic mass is 19.1. The lowest BCUT2D eigenvalue weighted by molar-refractivity contribution is -0.140. The van der Waals surface area contributed by atoms with Crippen LogP contribution in [0.2, 0.25) is 0 Å². The molecule has 214 valence electrons. The van der Waals surface area contributed by atoms with E-state index in [1.807, 2.05) is 74.5 Å². The molecule has 4 aromatic rings. The Bertz CT molecular complexity index is 1450. The molecule has 0 spiro atoms. The number of nitrogens with zero attached hydrogens (tertiary/aromatic N) is 1. The van der Waals surface area contributed by atoms with Gasteiger partial charge in [0.1, 0.15) is 5.82 Å². The second kappa shape index (κ2) is 13.9. The number of benzene rings is 3. The molecule has 1 amide bonds. The third-order valence-corrected chi connectivity index (χ3v) is 7.12. The Morgan fingerprint density at radius 1 is 0.902 bits per heavy atom. The van der Waals surface area contributed by atoms with Crippen molar-refractivity contribution in [3.05, 3.63) is 102 Å². The second-order valence-corrected chi connectivity index (χ2v) is 10.4. The maximum Gasteiger partial charge on any atom is 0.305 e. The van der Waals surface area contributed by atoms with Crippen LogP contribution in [0.3, 0.4) is 0 Å². The van der Waals surface area contributed by atoms with Crippen molar-refractivity contribution in [2.45, 2.75) is 58.1 Å². The fourth-order valence-electron chi connectivity index (χ4n) is 5.21. The van der Waals surface area contributed by atoms with Crippen LogP contribution in [0.1, 0.15) is 61.5 Å². The van der Waals surface area contributed by atoms with E-state index in [1.165, 1.54) is 19.2 Å². The van der Waals surface area contributed by atoms with Crippen molar-refractivity contribution in [2.75, 3.05) is 12.4 Å². The van der Waals surface area contributed by atoms with Gasteiger partial charge in [-0.1, -0.05) is 62.4 Å². The number of para-hydroxylation sites is 1. The summed E-state index contributed by atoms with van der Waals surface area (Å²) < 4.78 is 20.8. The molecule has 1 atom stereocenters. The smallest absolute Gasteiger partial charge is 0.305 e. The molecule has 0 aliphatic heterocycles. The van der Waals surface area contributed by atoms with E-state index in [4.69, 9.17) is 4.74 Å². The molecule has 0 aliphatic carbocycles. The molecular formula is C34H37FN2O4. The summed E-state index contributed by atoms with van der Waals surface area (Å²) in [6.45, 7) is 4.51. The SMILES string of the molecule is COC(=O)CCCC(O)CCn1c(-c2ccc(F)cc2)c(-c2ccccc2)c(C(=O)Nc2ccccc2)c1C(C)C. The van der Waals surface area contributed by atoms with Crippen molar-refractivity contribution < 1.29 is 23.8 Å². The van der Waals surface area contributed by atoms with Crippen molar-refractivity contribution in [2.24, 2.45) is 0 Å². The van der Waals surface area contributed by atoms with Crippen molar-refractivity contribution in [1.82, 2.24) is 4.57 Å². The fourth-order valence-corrected chi connectivity index (χ4v) is 5.21. The Balaban J connectivity index is 1.86. The van der Waals surface area contributed by atoms with Gasteiger partial charge < -0.3 is 19.7 Å². The summed E-state index contributed by atoms with van der Waals surface area (Å²) in [7, 11) is 1.35. The number of amides is 1. The molecule has 0 aliphatic rings.